The van der Waals surface area contributed by atoms with Gasteiger partial charge in [-0.25, -0.2) is 9.82 Å². The fourth-order valence-electron chi connectivity index (χ4n) is 3.76. The lowest BCUT2D eigenvalue weighted by Gasteiger charge is -2.17. The van der Waals surface area contributed by atoms with Crippen LogP contribution in [0.25, 0.3) is 0 Å². The van der Waals surface area contributed by atoms with E-state index >= 15 is 0 Å². The highest BCUT2D eigenvalue weighted by molar-refractivity contribution is 6.31. The number of carbonyl (C=O) groups excluding carboxylic acids is 2. The Hall–Kier alpha value is -3.91. The van der Waals surface area contributed by atoms with Gasteiger partial charge in [0.25, 0.3) is 0 Å². The molecule has 9 heteroatoms. The van der Waals surface area contributed by atoms with Gasteiger partial charge in [-0.15, -0.1) is 0 Å². The number of amides is 2. The molecule has 7 nitrogen and oxygen atoms in total. The first-order chi connectivity index (χ1) is 17.4. The van der Waals surface area contributed by atoms with Gasteiger partial charge in [0.15, 0.2) is 0 Å². The Labute approximate surface area is 213 Å². The molecule has 1 N–H and O–H groups in total. The van der Waals surface area contributed by atoms with Gasteiger partial charge in [0.05, 0.1) is 23.8 Å². The second-order valence-corrected chi connectivity index (χ2v) is 8.53. The molecule has 0 unspecified atom stereocenters. The predicted octanol–water partition coefficient (Wildman–Crippen LogP) is 4.96. The maximum atomic E-state index is 13.9. The summed E-state index contributed by atoms with van der Waals surface area (Å²) in [5.41, 5.74) is 4.25. The van der Waals surface area contributed by atoms with Crippen LogP contribution < -0.4 is 19.8 Å². The van der Waals surface area contributed by atoms with E-state index in [4.69, 9.17) is 21.1 Å². The standard InChI is InChI=1S/C27H25ClFN3O4/c1-2-35-21-12-8-20(9-13-21)32-16-19(14-26(32)33)27(34)31-30-15-18-6-10-22(11-7-18)36-17-23-24(28)4-3-5-25(23)29/h3-13,15,19H,2,14,16-17H2,1H3,(H,31,34)/b30-15-/t19-/m0/s1. The van der Waals surface area contributed by atoms with Crippen LogP contribution in [0.5, 0.6) is 11.5 Å². The molecule has 0 aromatic heterocycles. The molecule has 0 spiro atoms. The molecule has 1 aliphatic rings. The lowest BCUT2D eigenvalue weighted by Crippen LogP contribution is -2.30. The van der Waals surface area contributed by atoms with Gasteiger partial charge in [0.1, 0.15) is 23.9 Å². The Morgan fingerprint density at radius 3 is 2.50 bits per heavy atom. The number of hydrogen-bond acceptors (Lipinski definition) is 5. The van der Waals surface area contributed by atoms with E-state index in [1.54, 1.807) is 59.5 Å². The number of benzene rings is 3. The van der Waals surface area contributed by atoms with Gasteiger partial charge in [-0.05, 0) is 73.2 Å². The Morgan fingerprint density at radius 2 is 1.81 bits per heavy atom. The molecule has 186 valence electrons. The van der Waals surface area contributed by atoms with Gasteiger partial charge in [0, 0.05) is 24.2 Å². The molecule has 3 aromatic carbocycles. The number of ether oxygens (including phenoxy) is 2. The van der Waals surface area contributed by atoms with E-state index in [2.05, 4.69) is 10.5 Å². The number of rotatable bonds is 9. The van der Waals surface area contributed by atoms with E-state index in [-0.39, 0.29) is 31.4 Å². The van der Waals surface area contributed by atoms with Gasteiger partial charge in [-0.2, -0.15) is 5.10 Å². The fraction of sp³-hybridized carbons (Fsp3) is 0.222. The molecule has 0 saturated carbocycles. The van der Waals surface area contributed by atoms with Crippen molar-refractivity contribution < 1.29 is 23.5 Å². The van der Waals surface area contributed by atoms with Crippen LogP contribution in [0.1, 0.15) is 24.5 Å². The third-order valence-electron chi connectivity index (χ3n) is 5.67. The van der Waals surface area contributed by atoms with Crippen molar-refractivity contribution in [3.63, 3.8) is 0 Å². The number of anilines is 1. The van der Waals surface area contributed by atoms with Crippen LogP contribution in [-0.4, -0.2) is 31.2 Å². The predicted molar refractivity (Wildman–Crippen MR) is 136 cm³/mol. The van der Waals surface area contributed by atoms with E-state index in [0.29, 0.717) is 22.9 Å². The first-order valence-electron chi connectivity index (χ1n) is 11.5. The Bertz CT molecular complexity index is 1230. The largest absolute Gasteiger partial charge is 0.494 e. The van der Waals surface area contributed by atoms with Gasteiger partial charge >= 0.3 is 0 Å². The van der Waals surface area contributed by atoms with E-state index < -0.39 is 11.7 Å². The van der Waals surface area contributed by atoms with Crippen LogP contribution in [0.3, 0.4) is 0 Å². The zero-order valence-corrected chi connectivity index (χ0v) is 20.4. The number of hydrazone groups is 1. The summed E-state index contributed by atoms with van der Waals surface area (Å²) >= 11 is 6.02. The summed E-state index contributed by atoms with van der Waals surface area (Å²) in [5, 5.41) is 4.32. The summed E-state index contributed by atoms with van der Waals surface area (Å²) in [6, 6.07) is 18.6. The highest BCUT2D eigenvalue weighted by atomic mass is 35.5. The van der Waals surface area contributed by atoms with Crippen LogP contribution in [-0.2, 0) is 16.2 Å². The smallest absolute Gasteiger partial charge is 0.245 e. The maximum Gasteiger partial charge on any atom is 0.245 e. The fourth-order valence-corrected chi connectivity index (χ4v) is 3.98. The van der Waals surface area contributed by atoms with Crippen molar-refractivity contribution in [1.29, 1.82) is 0 Å². The average molecular weight is 510 g/mol. The minimum absolute atomic E-state index is 0.00277. The second-order valence-electron chi connectivity index (χ2n) is 8.12. The van der Waals surface area contributed by atoms with Crippen molar-refractivity contribution >= 4 is 35.3 Å². The van der Waals surface area contributed by atoms with E-state index in [0.717, 1.165) is 17.0 Å². The normalized spacial score (nSPS) is 15.4. The average Bonchev–Trinajstić information content (AvgIpc) is 3.27. The summed E-state index contributed by atoms with van der Waals surface area (Å²) in [5.74, 6) is -0.0963. The summed E-state index contributed by atoms with van der Waals surface area (Å²) in [6.45, 7) is 2.75. The van der Waals surface area contributed by atoms with Gasteiger partial charge in [-0.1, -0.05) is 17.7 Å². The molecular formula is C27H25ClFN3O4. The van der Waals surface area contributed by atoms with Crippen molar-refractivity contribution in [3.05, 3.63) is 88.7 Å². The summed E-state index contributed by atoms with van der Waals surface area (Å²) in [7, 11) is 0. The van der Waals surface area contributed by atoms with Gasteiger partial charge in [0.2, 0.25) is 11.8 Å². The molecule has 1 fully saturated rings. The minimum Gasteiger partial charge on any atom is -0.494 e. The zero-order valence-electron chi connectivity index (χ0n) is 19.6. The van der Waals surface area contributed by atoms with Crippen LogP contribution >= 0.6 is 11.6 Å². The Balaban J connectivity index is 1.27. The van der Waals surface area contributed by atoms with E-state index in [9.17, 15) is 14.0 Å². The molecule has 2 amide bonds. The molecule has 1 heterocycles. The number of halogens is 2. The van der Waals surface area contributed by atoms with Crippen LogP contribution in [0.2, 0.25) is 5.02 Å². The number of carbonyl (C=O) groups is 2. The first-order valence-corrected chi connectivity index (χ1v) is 11.8. The number of hydrogen-bond donors (Lipinski definition) is 1. The lowest BCUT2D eigenvalue weighted by molar-refractivity contribution is -0.126. The molecule has 1 saturated heterocycles. The second kappa shape index (κ2) is 11.7. The molecule has 0 radical (unpaired) electrons. The molecule has 0 aliphatic carbocycles. The third-order valence-corrected chi connectivity index (χ3v) is 6.02. The van der Waals surface area contributed by atoms with Crippen molar-refractivity contribution in [2.75, 3.05) is 18.1 Å². The highest BCUT2D eigenvalue weighted by Crippen LogP contribution is 2.27. The maximum absolute atomic E-state index is 13.9. The topological polar surface area (TPSA) is 80.2 Å². The van der Waals surface area contributed by atoms with Crippen molar-refractivity contribution in [2.45, 2.75) is 20.0 Å². The monoisotopic (exact) mass is 509 g/mol. The molecule has 3 aromatic rings. The highest BCUT2D eigenvalue weighted by Gasteiger charge is 2.35. The van der Waals surface area contributed by atoms with Crippen molar-refractivity contribution in [2.24, 2.45) is 11.0 Å². The summed E-state index contributed by atoms with van der Waals surface area (Å²) < 4.78 is 24.9. The summed E-state index contributed by atoms with van der Waals surface area (Å²) in [4.78, 5) is 26.6. The molecular weight excluding hydrogens is 485 g/mol. The molecule has 1 aliphatic heterocycles. The number of nitrogens with zero attached hydrogens (tertiary/aromatic N) is 2. The van der Waals surface area contributed by atoms with Crippen LogP contribution in [0, 0.1) is 11.7 Å². The minimum atomic E-state index is -0.498. The van der Waals surface area contributed by atoms with Gasteiger partial charge < -0.3 is 14.4 Å². The van der Waals surface area contributed by atoms with E-state index in [1.807, 2.05) is 6.92 Å². The SMILES string of the molecule is CCOc1ccc(N2C[C@@H](C(=O)N/N=C\c3ccc(OCc4c(F)cccc4Cl)cc3)CC2=O)cc1. The lowest BCUT2D eigenvalue weighted by atomic mass is 10.1. The van der Waals surface area contributed by atoms with E-state index in [1.165, 1.54) is 18.3 Å². The van der Waals surface area contributed by atoms with Crippen LogP contribution in [0.15, 0.2) is 71.8 Å². The zero-order chi connectivity index (χ0) is 25.5. The molecule has 1 atom stereocenters. The van der Waals surface area contributed by atoms with Crippen molar-refractivity contribution in [1.82, 2.24) is 5.43 Å². The third kappa shape index (κ3) is 6.20. The quantitative estimate of drug-likeness (QED) is 0.326. The van der Waals surface area contributed by atoms with Crippen LogP contribution in [0.4, 0.5) is 10.1 Å². The van der Waals surface area contributed by atoms with Gasteiger partial charge in [-0.3, -0.25) is 9.59 Å². The first kappa shape index (κ1) is 25.2. The molecule has 36 heavy (non-hydrogen) atoms. The molecule has 0 bridgehead atoms. The number of nitrogens with one attached hydrogen (secondary N) is 1. The van der Waals surface area contributed by atoms with Crippen molar-refractivity contribution in [3.8, 4) is 11.5 Å². The Morgan fingerprint density at radius 1 is 1.11 bits per heavy atom. The molecule has 4 rings (SSSR count). The Kier molecular flexibility index (Phi) is 8.17. The summed E-state index contributed by atoms with van der Waals surface area (Å²) in [6.07, 6.45) is 1.61.